The number of carbonyl (C=O) groups is 2. The summed E-state index contributed by atoms with van der Waals surface area (Å²) in [7, 11) is 0. The zero-order chi connectivity index (χ0) is 13.1. The fourth-order valence-electron chi connectivity index (χ4n) is 1.81. The van der Waals surface area contributed by atoms with Crippen LogP contribution >= 0.6 is 0 Å². The van der Waals surface area contributed by atoms with Gasteiger partial charge in [-0.15, -0.1) is 0 Å². The van der Waals surface area contributed by atoms with Crippen molar-refractivity contribution >= 4 is 18.0 Å². The van der Waals surface area contributed by atoms with Crippen LogP contribution in [0.5, 0.6) is 0 Å². The molecule has 2 rings (SSSR count). The standard InChI is InChI=1S/C11H14N2O5/c1-2-17-10(16)8-6-18-11(12-8)13-4-7(5-13)3-9(14)15/h6-7H,2-5H2,1H3,(H,14,15). The van der Waals surface area contributed by atoms with E-state index in [9.17, 15) is 9.59 Å². The van der Waals surface area contributed by atoms with Crippen LogP contribution in [0.4, 0.5) is 6.01 Å². The average Bonchev–Trinajstić information content (AvgIpc) is 2.71. The summed E-state index contributed by atoms with van der Waals surface area (Å²) < 4.78 is 9.94. The number of aromatic nitrogens is 1. The number of esters is 1. The number of rotatable bonds is 5. The number of hydrogen-bond donors (Lipinski definition) is 1. The van der Waals surface area contributed by atoms with Gasteiger partial charge in [0.25, 0.3) is 6.01 Å². The first-order valence-electron chi connectivity index (χ1n) is 5.69. The van der Waals surface area contributed by atoms with Crippen LogP contribution in [-0.2, 0) is 9.53 Å². The van der Waals surface area contributed by atoms with E-state index in [0.29, 0.717) is 19.1 Å². The largest absolute Gasteiger partial charge is 0.481 e. The van der Waals surface area contributed by atoms with Gasteiger partial charge in [0.1, 0.15) is 6.26 Å². The van der Waals surface area contributed by atoms with Crippen molar-refractivity contribution in [3.8, 4) is 0 Å². The Labute approximate surface area is 103 Å². The van der Waals surface area contributed by atoms with Crippen molar-refractivity contribution in [2.75, 3.05) is 24.6 Å². The summed E-state index contributed by atoms with van der Waals surface area (Å²) in [6, 6.07) is 0.333. The number of anilines is 1. The molecule has 1 aromatic heterocycles. The highest BCUT2D eigenvalue weighted by atomic mass is 16.5. The summed E-state index contributed by atoms with van der Waals surface area (Å²) >= 11 is 0. The number of carboxylic acids is 1. The Morgan fingerprint density at radius 2 is 2.33 bits per heavy atom. The Morgan fingerprint density at radius 3 is 2.94 bits per heavy atom. The molecule has 0 spiro atoms. The van der Waals surface area contributed by atoms with Gasteiger partial charge >= 0.3 is 11.9 Å². The highest BCUT2D eigenvalue weighted by molar-refractivity contribution is 5.87. The third-order valence-electron chi connectivity index (χ3n) is 2.67. The molecule has 1 N–H and O–H groups in total. The van der Waals surface area contributed by atoms with Crippen LogP contribution in [0.25, 0.3) is 0 Å². The van der Waals surface area contributed by atoms with Crippen LogP contribution in [0.1, 0.15) is 23.8 Å². The predicted octanol–water partition coefficient (Wildman–Crippen LogP) is 0.762. The summed E-state index contributed by atoms with van der Waals surface area (Å²) in [6.45, 7) is 3.15. The monoisotopic (exact) mass is 254 g/mol. The van der Waals surface area contributed by atoms with Crippen LogP contribution in [0.3, 0.4) is 0 Å². The van der Waals surface area contributed by atoms with Gasteiger partial charge in [-0.2, -0.15) is 4.98 Å². The maximum Gasteiger partial charge on any atom is 0.360 e. The Kier molecular flexibility index (Phi) is 3.50. The Morgan fingerprint density at radius 1 is 1.61 bits per heavy atom. The smallest absolute Gasteiger partial charge is 0.360 e. The number of carbonyl (C=O) groups excluding carboxylic acids is 1. The molecule has 1 aliphatic rings. The Bertz CT molecular complexity index is 450. The van der Waals surface area contributed by atoms with Crippen LogP contribution in [0, 0.1) is 5.92 Å². The number of oxazole rings is 1. The lowest BCUT2D eigenvalue weighted by Gasteiger charge is -2.37. The van der Waals surface area contributed by atoms with Gasteiger partial charge < -0.3 is 19.2 Å². The molecule has 2 heterocycles. The maximum atomic E-state index is 11.4. The minimum atomic E-state index is -0.806. The first-order valence-corrected chi connectivity index (χ1v) is 5.69. The molecule has 0 unspecified atom stereocenters. The lowest BCUT2D eigenvalue weighted by Crippen LogP contribution is -2.47. The molecule has 1 aromatic rings. The van der Waals surface area contributed by atoms with Gasteiger partial charge in [-0.25, -0.2) is 4.79 Å². The molecule has 0 atom stereocenters. The second-order valence-electron chi connectivity index (χ2n) is 4.10. The van der Waals surface area contributed by atoms with E-state index in [1.807, 2.05) is 0 Å². The fraction of sp³-hybridized carbons (Fsp3) is 0.545. The highest BCUT2D eigenvalue weighted by Crippen LogP contribution is 2.25. The summed E-state index contributed by atoms with van der Waals surface area (Å²) in [5.41, 5.74) is 0.133. The average molecular weight is 254 g/mol. The predicted molar refractivity (Wildman–Crippen MR) is 60.4 cm³/mol. The Hall–Kier alpha value is -2.05. The minimum absolute atomic E-state index is 0.112. The lowest BCUT2D eigenvalue weighted by atomic mass is 9.97. The number of hydrogen-bond acceptors (Lipinski definition) is 6. The van der Waals surface area contributed by atoms with Gasteiger partial charge in [0.2, 0.25) is 0 Å². The van der Waals surface area contributed by atoms with E-state index in [1.165, 1.54) is 6.26 Å². The summed E-state index contributed by atoms with van der Waals surface area (Å²) in [5, 5.41) is 8.62. The SMILES string of the molecule is CCOC(=O)c1coc(N2CC(CC(=O)O)C2)n1. The highest BCUT2D eigenvalue weighted by Gasteiger charge is 2.32. The normalized spacial score (nSPS) is 15.3. The van der Waals surface area contributed by atoms with Gasteiger partial charge in [-0.3, -0.25) is 4.79 Å². The van der Waals surface area contributed by atoms with Gasteiger partial charge in [0.15, 0.2) is 5.69 Å². The minimum Gasteiger partial charge on any atom is -0.481 e. The molecule has 7 nitrogen and oxygen atoms in total. The molecular weight excluding hydrogens is 240 g/mol. The number of aliphatic carboxylic acids is 1. The molecule has 0 bridgehead atoms. The zero-order valence-corrected chi connectivity index (χ0v) is 9.96. The van der Waals surface area contributed by atoms with E-state index in [4.69, 9.17) is 14.3 Å². The van der Waals surface area contributed by atoms with Gasteiger partial charge in [0.05, 0.1) is 13.0 Å². The Balaban J connectivity index is 1.89. The second-order valence-corrected chi connectivity index (χ2v) is 4.10. The second kappa shape index (κ2) is 5.07. The molecule has 18 heavy (non-hydrogen) atoms. The molecule has 1 aliphatic heterocycles. The van der Waals surface area contributed by atoms with Crippen molar-refractivity contribution in [1.82, 2.24) is 4.98 Å². The van der Waals surface area contributed by atoms with Gasteiger partial charge in [0, 0.05) is 19.0 Å². The lowest BCUT2D eigenvalue weighted by molar-refractivity contribution is -0.138. The van der Waals surface area contributed by atoms with Crippen LogP contribution in [0.2, 0.25) is 0 Å². The van der Waals surface area contributed by atoms with E-state index < -0.39 is 11.9 Å². The van der Waals surface area contributed by atoms with Gasteiger partial charge in [-0.05, 0) is 6.92 Å². The third-order valence-corrected chi connectivity index (χ3v) is 2.67. The number of ether oxygens (including phenoxy) is 1. The summed E-state index contributed by atoms with van der Waals surface area (Å²) in [4.78, 5) is 27.6. The summed E-state index contributed by atoms with van der Waals surface area (Å²) in [5.74, 6) is -1.21. The van der Waals surface area contributed by atoms with Crippen LogP contribution in [0.15, 0.2) is 10.7 Å². The quantitative estimate of drug-likeness (QED) is 0.775. The molecule has 0 aliphatic carbocycles. The molecule has 7 heteroatoms. The van der Waals surface area contributed by atoms with Crippen molar-refractivity contribution in [3.63, 3.8) is 0 Å². The molecule has 0 aromatic carbocycles. The molecule has 0 saturated carbocycles. The van der Waals surface area contributed by atoms with Crippen molar-refractivity contribution in [2.24, 2.45) is 5.92 Å². The van der Waals surface area contributed by atoms with E-state index >= 15 is 0 Å². The van der Waals surface area contributed by atoms with Crippen molar-refractivity contribution in [3.05, 3.63) is 12.0 Å². The third kappa shape index (κ3) is 2.61. The van der Waals surface area contributed by atoms with E-state index in [0.717, 1.165) is 0 Å². The van der Waals surface area contributed by atoms with E-state index in [-0.39, 0.29) is 24.6 Å². The maximum absolute atomic E-state index is 11.4. The van der Waals surface area contributed by atoms with E-state index in [2.05, 4.69) is 4.98 Å². The molecule has 0 amide bonds. The van der Waals surface area contributed by atoms with Gasteiger partial charge in [-0.1, -0.05) is 0 Å². The molecule has 1 saturated heterocycles. The molecule has 98 valence electrons. The zero-order valence-electron chi connectivity index (χ0n) is 9.96. The molecule has 0 radical (unpaired) electrons. The fourth-order valence-corrected chi connectivity index (χ4v) is 1.81. The van der Waals surface area contributed by atoms with Crippen molar-refractivity contribution in [1.29, 1.82) is 0 Å². The first kappa shape index (κ1) is 12.4. The molecular formula is C11H14N2O5. The van der Waals surface area contributed by atoms with Crippen LogP contribution < -0.4 is 4.90 Å². The number of carboxylic acid groups (broad SMARTS) is 1. The topological polar surface area (TPSA) is 92.9 Å². The van der Waals surface area contributed by atoms with E-state index in [1.54, 1.807) is 11.8 Å². The van der Waals surface area contributed by atoms with Crippen LogP contribution in [-0.4, -0.2) is 41.7 Å². The molecule has 1 fully saturated rings. The van der Waals surface area contributed by atoms with Crippen molar-refractivity contribution < 1.29 is 23.8 Å². The summed E-state index contributed by atoms with van der Waals surface area (Å²) in [6.07, 6.45) is 1.39. The number of nitrogens with zero attached hydrogens (tertiary/aromatic N) is 2. The first-order chi connectivity index (χ1) is 8.60. The van der Waals surface area contributed by atoms with Crippen molar-refractivity contribution in [2.45, 2.75) is 13.3 Å².